The summed E-state index contributed by atoms with van der Waals surface area (Å²) in [6.45, 7) is 5.61. The molecule has 0 aromatic heterocycles. The molecule has 1 fully saturated rings. The van der Waals surface area contributed by atoms with Gasteiger partial charge in [-0.2, -0.15) is 0 Å². The van der Waals surface area contributed by atoms with Crippen LogP contribution < -0.4 is 0 Å². The Morgan fingerprint density at radius 2 is 2.20 bits per heavy atom. The van der Waals surface area contributed by atoms with Crippen LogP contribution in [0.3, 0.4) is 0 Å². The van der Waals surface area contributed by atoms with Gasteiger partial charge in [-0.15, -0.1) is 0 Å². The van der Waals surface area contributed by atoms with Gasteiger partial charge in [0.15, 0.2) is 0 Å². The first-order chi connectivity index (χ1) is 4.61. The lowest BCUT2D eigenvalue weighted by Crippen LogP contribution is -2.14. The summed E-state index contributed by atoms with van der Waals surface area (Å²) in [6.07, 6.45) is 1.35. The number of ether oxygens (including phenoxy) is 1. The minimum atomic E-state index is -0.161. The molecule has 2 heteroatoms. The Balaban J connectivity index is 2.22. The van der Waals surface area contributed by atoms with Gasteiger partial charge in [0.2, 0.25) is 0 Å². The molecule has 0 aromatic rings. The van der Waals surface area contributed by atoms with Crippen LogP contribution in [-0.4, -0.2) is 12.1 Å². The predicted molar refractivity (Wildman–Crippen MR) is 38.5 cm³/mol. The van der Waals surface area contributed by atoms with Gasteiger partial charge >= 0.3 is 5.97 Å². The van der Waals surface area contributed by atoms with Gasteiger partial charge in [0.05, 0.1) is 0 Å². The second kappa shape index (κ2) is 2.60. The number of carbonyl (C=O) groups excluding carboxylic acids is 1. The molecule has 0 N–H and O–H groups in total. The highest BCUT2D eigenvalue weighted by Crippen LogP contribution is 2.41. The summed E-state index contributed by atoms with van der Waals surface area (Å²) >= 11 is 0. The zero-order valence-electron chi connectivity index (χ0n) is 6.76. The van der Waals surface area contributed by atoms with E-state index in [2.05, 4.69) is 6.92 Å². The van der Waals surface area contributed by atoms with Crippen molar-refractivity contribution in [3.8, 4) is 0 Å². The average Bonchev–Trinajstić information content (AvgIpc) is 2.44. The topological polar surface area (TPSA) is 26.3 Å². The van der Waals surface area contributed by atoms with Gasteiger partial charge in [0.1, 0.15) is 6.10 Å². The minimum Gasteiger partial charge on any atom is -0.463 e. The number of hydrogen-bond donors (Lipinski definition) is 0. The first kappa shape index (κ1) is 7.58. The van der Waals surface area contributed by atoms with Crippen molar-refractivity contribution >= 4 is 5.97 Å². The van der Waals surface area contributed by atoms with E-state index in [1.807, 2.05) is 6.92 Å². The predicted octanol–water partition coefficient (Wildman–Crippen LogP) is 1.59. The Kier molecular flexibility index (Phi) is 1.97. The molecule has 0 amide bonds. The standard InChI is InChI=1S/C8H14O2/c1-5-4-8(5)6(2)10-7(3)9/h5-6,8H,4H2,1-3H3/t5?,6-,8?/m0/s1. The van der Waals surface area contributed by atoms with Crippen LogP contribution in [0.15, 0.2) is 0 Å². The molecule has 0 saturated heterocycles. The second-order valence-electron chi connectivity index (χ2n) is 3.19. The Labute approximate surface area is 61.6 Å². The average molecular weight is 142 g/mol. The zero-order valence-corrected chi connectivity index (χ0v) is 6.76. The lowest BCUT2D eigenvalue weighted by molar-refractivity contribution is -0.146. The zero-order chi connectivity index (χ0) is 7.72. The molecule has 0 aliphatic heterocycles. The molecule has 0 heterocycles. The third-order valence-corrected chi connectivity index (χ3v) is 2.13. The summed E-state index contributed by atoms with van der Waals surface area (Å²) in [5.41, 5.74) is 0. The largest absolute Gasteiger partial charge is 0.463 e. The SMILES string of the molecule is CC(=O)O[C@@H](C)C1CC1C. The Morgan fingerprint density at radius 3 is 2.50 bits per heavy atom. The molecule has 10 heavy (non-hydrogen) atoms. The van der Waals surface area contributed by atoms with E-state index in [1.165, 1.54) is 13.3 Å². The molecule has 0 aromatic carbocycles. The number of carbonyl (C=O) groups is 1. The van der Waals surface area contributed by atoms with Crippen LogP contribution in [0, 0.1) is 11.8 Å². The van der Waals surface area contributed by atoms with Gasteiger partial charge in [-0.05, 0) is 25.2 Å². The fourth-order valence-electron chi connectivity index (χ4n) is 1.35. The number of rotatable bonds is 2. The van der Waals surface area contributed by atoms with E-state index in [-0.39, 0.29) is 12.1 Å². The van der Waals surface area contributed by atoms with E-state index in [0.29, 0.717) is 5.92 Å². The smallest absolute Gasteiger partial charge is 0.302 e. The van der Waals surface area contributed by atoms with Gasteiger partial charge in [0.25, 0.3) is 0 Å². The molecule has 0 bridgehead atoms. The Hall–Kier alpha value is -0.530. The molecule has 1 rings (SSSR count). The van der Waals surface area contributed by atoms with E-state index >= 15 is 0 Å². The lowest BCUT2D eigenvalue weighted by Gasteiger charge is -2.09. The summed E-state index contributed by atoms with van der Waals surface area (Å²) in [4.78, 5) is 10.5. The molecule has 1 aliphatic carbocycles. The molecule has 3 atom stereocenters. The minimum absolute atomic E-state index is 0.132. The first-order valence-corrected chi connectivity index (χ1v) is 3.78. The molecular weight excluding hydrogens is 128 g/mol. The van der Waals surface area contributed by atoms with Gasteiger partial charge in [0, 0.05) is 6.92 Å². The maximum Gasteiger partial charge on any atom is 0.302 e. The van der Waals surface area contributed by atoms with E-state index < -0.39 is 0 Å². The number of esters is 1. The van der Waals surface area contributed by atoms with Crippen molar-refractivity contribution in [2.75, 3.05) is 0 Å². The van der Waals surface area contributed by atoms with Gasteiger partial charge < -0.3 is 4.74 Å². The van der Waals surface area contributed by atoms with Gasteiger partial charge in [-0.3, -0.25) is 4.79 Å². The molecule has 58 valence electrons. The summed E-state index contributed by atoms with van der Waals surface area (Å²) in [6, 6.07) is 0. The fraction of sp³-hybridized carbons (Fsp3) is 0.875. The van der Waals surface area contributed by atoms with Crippen molar-refractivity contribution in [3.63, 3.8) is 0 Å². The summed E-state index contributed by atoms with van der Waals surface area (Å²) in [7, 11) is 0. The maximum atomic E-state index is 10.5. The normalized spacial score (nSPS) is 33.1. The van der Waals surface area contributed by atoms with E-state index in [0.717, 1.165) is 5.92 Å². The highest BCUT2D eigenvalue weighted by molar-refractivity contribution is 5.66. The second-order valence-corrected chi connectivity index (χ2v) is 3.19. The van der Waals surface area contributed by atoms with Crippen LogP contribution in [0.4, 0.5) is 0 Å². The van der Waals surface area contributed by atoms with E-state index in [1.54, 1.807) is 0 Å². The summed E-state index contributed by atoms with van der Waals surface area (Å²) in [5, 5.41) is 0. The van der Waals surface area contributed by atoms with Gasteiger partial charge in [-0.1, -0.05) is 6.92 Å². The van der Waals surface area contributed by atoms with Crippen LogP contribution >= 0.6 is 0 Å². The van der Waals surface area contributed by atoms with Crippen LogP contribution in [0.2, 0.25) is 0 Å². The monoisotopic (exact) mass is 142 g/mol. The molecule has 0 radical (unpaired) electrons. The quantitative estimate of drug-likeness (QED) is 0.547. The van der Waals surface area contributed by atoms with Crippen molar-refractivity contribution in [1.82, 2.24) is 0 Å². The maximum absolute atomic E-state index is 10.5. The highest BCUT2D eigenvalue weighted by Gasteiger charge is 2.38. The third-order valence-electron chi connectivity index (χ3n) is 2.13. The van der Waals surface area contributed by atoms with Crippen molar-refractivity contribution in [2.45, 2.75) is 33.3 Å². The van der Waals surface area contributed by atoms with Crippen molar-refractivity contribution < 1.29 is 9.53 Å². The lowest BCUT2D eigenvalue weighted by atomic mass is 10.2. The van der Waals surface area contributed by atoms with E-state index in [9.17, 15) is 4.79 Å². The number of hydrogen-bond acceptors (Lipinski definition) is 2. The van der Waals surface area contributed by atoms with Gasteiger partial charge in [-0.25, -0.2) is 0 Å². The van der Waals surface area contributed by atoms with Crippen molar-refractivity contribution in [3.05, 3.63) is 0 Å². The first-order valence-electron chi connectivity index (χ1n) is 3.78. The molecule has 1 saturated carbocycles. The molecule has 1 aliphatic rings. The Bertz CT molecular complexity index is 142. The van der Waals surface area contributed by atoms with Crippen LogP contribution in [-0.2, 0) is 9.53 Å². The molecule has 2 nitrogen and oxygen atoms in total. The Morgan fingerprint density at radius 1 is 1.70 bits per heavy atom. The third kappa shape index (κ3) is 1.72. The molecule has 2 unspecified atom stereocenters. The fourth-order valence-corrected chi connectivity index (χ4v) is 1.35. The highest BCUT2D eigenvalue weighted by atomic mass is 16.5. The summed E-state index contributed by atoms with van der Waals surface area (Å²) < 4.78 is 5.01. The molecule has 0 spiro atoms. The van der Waals surface area contributed by atoms with Crippen molar-refractivity contribution in [1.29, 1.82) is 0 Å². The van der Waals surface area contributed by atoms with Crippen LogP contribution in [0.5, 0.6) is 0 Å². The van der Waals surface area contributed by atoms with Crippen LogP contribution in [0.25, 0.3) is 0 Å². The molecular formula is C8H14O2. The summed E-state index contributed by atoms with van der Waals surface area (Å²) in [5.74, 6) is 1.23. The van der Waals surface area contributed by atoms with Crippen molar-refractivity contribution in [2.24, 2.45) is 11.8 Å². The van der Waals surface area contributed by atoms with Crippen LogP contribution in [0.1, 0.15) is 27.2 Å². The van der Waals surface area contributed by atoms with E-state index in [4.69, 9.17) is 4.74 Å².